The van der Waals surface area contributed by atoms with Crippen molar-refractivity contribution in [3.8, 4) is 5.69 Å². The molecule has 2 rings (SSSR count). The van der Waals surface area contributed by atoms with Crippen LogP contribution in [0, 0.1) is 12.3 Å². The highest BCUT2D eigenvalue weighted by Crippen LogP contribution is 2.16. The van der Waals surface area contributed by atoms with E-state index in [4.69, 9.17) is 0 Å². The summed E-state index contributed by atoms with van der Waals surface area (Å²) in [4.78, 5) is 25.0. The molecule has 0 saturated heterocycles. The number of benzene rings is 1. The molecular weight excluding hydrogens is 254 g/mol. The molecule has 0 amide bonds. The van der Waals surface area contributed by atoms with E-state index in [-0.39, 0.29) is 11.6 Å². The van der Waals surface area contributed by atoms with Crippen LogP contribution in [0.2, 0.25) is 0 Å². The van der Waals surface area contributed by atoms with E-state index in [9.17, 15) is 9.59 Å². The fraction of sp³-hybridized carbons (Fsp3) is 0.400. The molecule has 0 bridgehead atoms. The van der Waals surface area contributed by atoms with Crippen LogP contribution in [-0.4, -0.2) is 15.2 Å². The van der Waals surface area contributed by atoms with E-state index in [0.29, 0.717) is 5.82 Å². The maximum Gasteiger partial charge on any atom is 0.458 e. The van der Waals surface area contributed by atoms with Crippen molar-refractivity contribution in [1.82, 2.24) is 9.25 Å². The van der Waals surface area contributed by atoms with Crippen LogP contribution in [0.15, 0.2) is 35.1 Å². The molecule has 1 heterocycles. The number of aromatic nitrogens is 3. The van der Waals surface area contributed by atoms with E-state index in [1.807, 2.05) is 30.3 Å². The average molecular weight is 274 g/mol. The molecule has 0 fully saturated rings. The zero-order valence-electron chi connectivity index (χ0n) is 12.5. The largest absolute Gasteiger partial charge is 0.458 e. The summed E-state index contributed by atoms with van der Waals surface area (Å²) in [5.41, 5.74) is -0.204. The predicted molar refractivity (Wildman–Crippen MR) is 76.0 cm³/mol. The van der Waals surface area contributed by atoms with Crippen molar-refractivity contribution in [1.29, 1.82) is 0 Å². The Kier molecular flexibility index (Phi) is 3.38. The molecule has 0 aliphatic heterocycles. The molecule has 0 saturated carbocycles. The molecule has 0 radical (unpaired) electrons. The molecule has 0 aliphatic rings. The molecule has 0 aliphatic carbocycles. The van der Waals surface area contributed by atoms with Crippen molar-refractivity contribution in [2.24, 2.45) is 12.5 Å². The van der Waals surface area contributed by atoms with Gasteiger partial charge in [0.05, 0.1) is 11.1 Å². The third-order valence-corrected chi connectivity index (χ3v) is 3.31. The summed E-state index contributed by atoms with van der Waals surface area (Å²) in [6, 6.07) is 9.29. The highest BCUT2D eigenvalue weighted by molar-refractivity contribution is 5.84. The Morgan fingerprint density at radius 2 is 1.70 bits per heavy atom. The van der Waals surface area contributed by atoms with E-state index in [2.05, 4.69) is 0 Å². The van der Waals surface area contributed by atoms with Crippen molar-refractivity contribution in [2.75, 3.05) is 0 Å². The van der Waals surface area contributed by atoms with Crippen LogP contribution in [0.25, 0.3) is 5.69 Å². The Hall–Kier alpha value is -2.17. The molecule has 0 N–H and O–H groups in total. The molecule has 0 spiro atoms. The smallest absolute Gasteiger partial charge is 0.246 e. The van der Waals surface area contributed by atoms with Crippen molar-refractivity contribution in [3.05, 3.63) is 46.6 Å². The SMILES string of the molecule is Cc1n(C(=O)C(C)(C)C)c(=O)n(-c2ccccc2)[n+]1C. The average Bonchev–Trinajstić information content (AvgIpc) is 2.60. The van der Waals surface area contributed by atoms with Gasteiger partial charge < -0.3 is 0 Å². The van der Waals surface area contributed by atoms with Crippen LogP contribution >= 0.6 is 0 Å². The first-order valence-corrected chi connectivity index (χ1v) is 6.56. The summed E-state index contributed by atoms with van der Waals surface area (Å²) in [6.45, 7) is 7.19. The Morgan fingerprint density at radius 1 is 1.15 bits per heavy atom. The minimum absolute atomic E-state index is 0.203. The van der Waals surface area contributed by atoms with E-state index in [1.54, 1.807) is 39.4 Å². The zero-order valence-corrected chi connectivity index (χ0v) is 12.5. The van der Waals surface area contributed by atoms with Crippen LogP contribution in [0.4, 0.5) is 0 Å². The van der Waals surface area contributed by atoms with Crippen molar-refractivity contribution >= 4 is 5.91 Å². The highest BCUT2D eigenvalue weighted by atomic mass is 16.2. The number of nitrogens with zero attached hydrogens (tertiary/aromatic N) is 3. The lowest BCUT2D eigenvalue weighted by molar-refractivity contribution is -0.751. The van der Waals surface area contributed by atoms with Gasteiger partial charge in [-0.15, -0.1) is 9.25 Å². The quantitative estimate of drug-likeness (QED) is 0.739. The van der Waals surface area contributed by atoms with Gasteiger partial charge in [0, 0.05) is 6.92 Å². The van der Waals surface area contributed by atoms with E-state index in [0.717, 1.165) is 5.69 Å². The summed E-state index contributed by atoms with van der Waals surface area (Å²) >= 11 is 0. The number of hydrogen-bond acceptors (Lipinski definition) is 2. The Morgan fingerprint density at radius 3 is 2.20 bits per heavy atom. The third kappa shape index (κ3) is 2.19. The molecule has 2 aromatic rings. The number of rotatable bonds is 1. The van der Waals surface area contributed by atoms with Crippen molar-refractivity contribution in [3.63, 3.8) is 0 Å². The number of hydrogen-bond donors (Lipinski definition) is 0. The molecule has 5 heteroatoms. The molecule has 0 unspecified atom stereocenters. The maximum atomic E-state index is 12.6. The first kappa shape index (κ1) is 14.2. The topological polar surface area (TPSA) is 47.9 Å². The third-order valence-electron chi connectivity index (χ3n) is 3.31. The van der Waals surface area contributed by atoms with E-state index >= 15 is 0 Å². The van der Waals surface area contributed by atoms with Gasteiger partial charge in [-0.3, -0.25) is 0 Å². The normalized spacial score (nSPS) is 11.7. The van der Waals surface area contributed by atoms with Gasteiger partial charge in [0.25, 0.3) is 5.82 Å². The minimum Gasteiger partial charge on any atom is -0.246 e. The van der Waals surface area contributed by atoms with Crippen LogP contribution in [0.1, 0.15) is 31.4 Å². The summed E-state index contributed by atoms with van der Waals surface area (Å²) in [5, 5.41) is 0. The predicted octanol–water partition coefficient (Wildman–Crippen LogP) is 1.46. The Labute approximate surface area is 118 Å². The summed E-state index contributed by atoms with van der Waals surface area (Å²) in [5.74, 6) is 0.407. The second kappa shape index (κ2) is 4.74. The van der Waals surface area contributed by atoms with Crippen molar-refractivity contribution < 1.29 is 9.48 Å². The standard InChI is InChI=1S/C15H20N3O2/c1-11-16(5)18(12-9-7-6-8-10-12)14(20)17(11)13(19)15(2,3)4/h6-10H,1-5H3/q+1. The molecule has 0 atom stereocenters. The second-order valence-electron chi connectivity index (χ2n) is 5.89. The summed E-state index contributed by atoms with van der Waals surface area (Å²) in [6.07, 6.45) is 0. The van der Waals surface area contributed by atoms with Gasteiger partial charge in [-0.2, -0.15) is 4.68 Å². The first-order valence-electron chi connectivity index (χ1n) is 6.56. The molecule has 20 heavy (non-hydrogen) atoms. The zero-order chi connectivity index (χ0) is 15.1. The lowest BCUT2D eigenvalue weighted by Gasteiger charge is -2.11. The van der Waals surface area contributed by atoms with Gasteiger partial charge in [-0.25, -0.2) is 9.59 Å². The summed E-state index contributed by atoms with van der Waals surface area (Å²) < 4.78 is 4.44. The minimum atomic E-state index is -0.607. The number of carbonyl (C=O) groups is 1. The second-order valence-corrected chi connectivity index (χ2v) is 5.89. The van der Waals surface area contributed by atoms with Gasteiger partial charge in [0.15, 0.2) is 0 Å². The Bertz CT molecular complexity index is 703. The molecule has 1 aromatic heterocycles. The van der Waals surface area contributed by atoms with Gasteiger partial charge in [0.2, 0.25) is 0 Å². The van der Waals surface area contributed by atoms with Crippen LogP contribution in [0.3, 0.4) is 0 Å². The monoisotopic (exact) mass is 274 g/mol. The fourth-order valence-corrected chi connectivity index (χ4v) is 2.07. The van der Waals surface area contributed by atoms with Gasteiger partial charge in [-0.1, -0.05) is 18.2 Å². The van der Waals surface area contributed by atoms with Crippen LogP contribution < -0.4 is 10.4 Å². The molecular formula is C15H20N3O2+. The molecule has 106 valence electrons. The Balaban J connectivity index is 2.71. The lowest BCUT2D eigenvalue weighted by atomic mass is 9.95. The van der Waals surface area contributed by atoms with Crippen LogP contribution in [-0.2, 0) is 7.05 Å². The maximum absolute atomic E-state index is 12.6. The van der Waals surface area contributed by atoms with Crippen molar-refractivity contribution in [2.45, 2.75) is 27.7 Å². The van der Waals surface area contributed by atoms with Gasteiger partial charge >= 0.3 is 11.6 Å². The highest BCUT2D eigenvalue weighted by Gasteiger charge is 2.35. The fourth-order valence-electron chi connectivity index (χ4n) is 2.07. The van der Waals surface area contributed by atoms with Gasteiger partial charge in [-0.05, 0) is 32.9 Å². The van der Waals surface area contributed by atoms with E-state index < -0.39 is 5.41 Å². The van der Waals surface area contributed by atoms with E-state index in [1.165, 1.54) is 9.25 Å². The molecule has 5 nitrogen and oxygen atoms in total. The van der Waals surface area contributed by atoms with Crippen LogP contribution in [0.5, 0.6) is 0 Å². The number of carbonyl (C=O) groups excluding carboxylic acids is 1. The number of para-hydroxylation sites is 1. The van der Waals surface area contributed by atoms with Gasteiger partial charge in [0.1, 0.15) is 7.05 Å². The summed E-state index contributed by atoms with van der Waals surface area (Å²) in [7, 11) is 1.77. The first-order chi connectivity index (χ1) is 9.25. The molecule has 1 aromatic carbocycles. The lowest BCUT2D eigenvalue weighted by Crippen LogP contribution is -2.43.